The van der Waals surface area contributed by atoms with E-state index in [0.29, 0.717) is 17.2 Å². The van der Waals surface area contributed by atoms with Crippen LogP contribution in [0.15, 0.2) is 24.3 Å². The summed E-state index contributed by atoms with van der Waals surface area (Å²) in [5, 5.41) is 3.17. The predicted octanol–water partition coefficient (Wildman–Crippen LogP) is 3.78. The van der Waals surface area contributed by atoms with E-state index in [-0.39, 0.29) is 24.5 Å². The van der Waals surface area contributed by atoms with Gasteiger partial charge in [-0.15, -0.1) is 0 Å². The van der Waals surface area contributed by atoms with Gasteiger partial charge in [-0.25, -0.2) is 0 Å². The Morgan fingerprint density at radius 3 is 2.48 bits per heavy atom. The van der Waals surface area contributed by atoms with Gasteiger partial charge in [0.25, 0.3) is 11.8 Å². The van der Waals surface area contributed by atoms with Crippen molar-refractivity contribution in [2.24, 2.45) is 5.92 Å². The summed E-state index contributed by atoms with van der Waals surface area (Å²) in [4.78, 5) is 27.1. The molecule has 1 saturated heterocycles. The van der Waals surface area contributed by atoms with Gasteiger partial charge in [0.15, 0.2) is 6.61 Å². The van der Waals surface area contributed by atoms with Crippen LogP contribution in [-0.4, -0.2) is 42.5 Å². The first-order valence-corrected chi connectivity index (χ1v) is 10.5. The number of rotatable bonds is 5. The Balaban J connectivity index is 1.59. The normalized spacial score (nSPS) is 23.4. The molecule has 1 aromatic rings. The van der Waals surface area contributed by atoms with Crippen LogP contribution < -0.4 is 10.1 Å². The van der Waals surface area contributed by atoms with Gasteiger partial charge >= 0.3 is 0 Å². The van der Waals surface area contributed by atoms with Gasteiger partial charge in [-0.1, -0.05) is 44.7 Å². The Hall–Kier alpha value is -2.04. The molecule has 1 aliphatic carbocycles. The Bertz CT molecular complexity index is 638. The van der Waals surface area contributed by atoms with Crippen LogP contribution >= 0.6 is 0 Å². The number of para-hydroxylation sites is 1. The summed E-state index contributed by atoms with van der Waals surface area (Å²) >= 11 is 0. The molecule has 1 aliphatic heterocycles. The monoisotopic (exact) mass is 372 g/mol. The van der Waals surface area contributed by atoms with Gasteiger partial charge in [0, 0.05) is 19.1 Å². The number of carbonyl (C=O) groups excluding carboxylic acids is 2. The zero-order chi connectivity index (χ0) is 19.1. The number of hydrogen-bond acceptors (Lipinski definition) is 3. The molecule has 0 aromatic heterocycles. The average Bonchev–Trinajstić information content (AvgIpc) is 2.97. The molecule has 1 heterocycles. The Morgan fingerprint density at radius 2 is 1.74 bits per heavy atom. The molecular weight excluding hydrogens is 340 g/mol. The van der Waals surface area contributed by atoms with Crippen molar-refractivity contribution in [1.82, 2.24) is 10.2 Å². The van der Waals surface area contributed by atoms with Crippen LogP contribution in [0.1, 0.15) is 68.6 Å². The summed E-state index contributed by atoms with van der Waals surface area (Å²) in [7, 11) is 0. The first-order valence-electron chi connectivity index (χ1n) is 10.5. The first-order chi connectivity index (χ1) is 13.1. The number of likely N-dealkylation sites (tertiary alicyclic amines) is 1. The van der Waals surface area contributed by atoms with Crippen molar-refractivity contribution < 1.29 is 14.3 Å². The van der Waals surface area contributed by atoms with Gasteiger partial charge in [0.1, 0.15) is 5.75 Å². The van der Waals surface area contributed by atoms with Crippen molar-refractivity contribution in [3.05, 3.63) is 29.8 Å². The molecule has 1 saturated carbocycles. The van der Waals surface area contributed by atoms with Crippen molar-refractivity contribution >= 4 is 11.8 Å². The fourth-order valence-electron chi connectivity index (χ4n) is 4.11. The summed E-state index contributed by atoms with van der Waals surface area (Å²) in [5.74, 6) is 0.890. The molecule has 0 radical (unpaired) electrons. The minimum Gasteiger partial charge on any atom is -0.483 e. The van der Waals surface area contributed by atoms with Crippen molar-refractivity contribution in [2.45, 2.75) is 64.3 Å². The van der Waals surface area contributed by atoms with Gasteiger partial charge in [0.05, 0.1) is 5.56 Å². The number of hydrogen-bond donors (Lipinski definition) is 1. The van der Waals surface area contributed by atoms with Crippen LogP contribution in [0.25, 0.3) is 0 Å². The second-order valence-electron chi connectivity index (χ2n) is 7.92. The Morgan fingerprint density at radius 1 is 1.04 bits per heavy atom. The number of nitrogens with one attached hydrogen (secondary N) is 1. The van der Waals surface area contributed by atoms with E-state index in [1.165, 1.54) is 19.3 Å². The minimum absolute atomic E-state index is 0.00742. The number of amides is 2. The van der Waals surface area contributed by atoms with E-state index < -0.39 is 0 Å². The van der Waals surface area contributed by atoms with Gasteiger partial charge < -0.3 is 15.0 Å². The van der Waals surface area contributed by atoms with E-state index in [9.17, 15) is 9.59 Å². The number of ether oxygens (including phenoxy) is 1. The van der Waals surface area contributed by atoms with Crippen LogP contribution in [0.2, 0.25) is 0 Å². The summed E-state index contributed by atoms with van der Waals surface area (Å²) in [5.41, 5.74) is 0.513. The maximum atomic E-state index is 12.8. The highest BCUT2D eigenvalue weighted by Gasteiger charge is 2.24. The molecule has 3 rings (SSSR count). The van der Waals surface area contributed by atoms with Gasteiger partial charge in [-0.2, -0.15) is 0 Å². The van der Waals surface area contributed by atoms with Crippen molar-refractivity contribution in [3.8, 4) is 5.75 Å². The smallest absolute Gasteiger partial charge is 0.260 e. The maximum Gasteiger partial charge on any atom is 0.260 e. The van der Waals surface area contributed by atoms with Gasteiger partial charge in [-0.05, 0) is 43.7 Å². The van der Waals surface area contributed by atoms with Crippen LogP contribution in [0.4, 0.5) is 0 Å². The summed E-state index contributed by atoms with van der Waals surface area (Å²) in [6.45, 7) is 3.81. The van der Waals surface area contributed by atoms with E-state index in [1.54, 1.807) is 12.1 Å². The molecule has 2 atom stereocenters. The quantitative estimate of drug-likeness (QED) is 0.856. The van der Waals surface area contributed by atoms with Crippen LogP contribution in [0.5, 0.6) is 5.75 Å². The summed E-state index contributed by atoms with van der Waals surface area (Å²) in [6.07, 6.45) is 9.09. The zero-order valence-corrected chi connectivity index (χ0v) is 16.4. The topological polar surface area (TPSA) is 58.6 Å². The molecule has 1 aromatic carbocycles. The predicted molar refractivity (Wildman–Crippen MR) is 106 cm³/mol. The van der Waals surface area contributed by atoms with Gasteiger partial charge in [0.2, 0.25) is 0 Å². The lowest BCUT2D eigenvalue weighted by Crippen LogP contribution is -2.41. The van der Waals surface area contributed by atoms with E-state index in [4.69, 9.17) is 4.74 Å². The molecule has 27 heavy (non-hydrogen) atoms. The molecule has 1 N–H and O–H groups in total. The third-order valence-corrected chi connectivity index (χ3v) is 5.87. The molecule has 2 aliphatic rings. The van der Waals surface area contributed by atoms with E-state index in [2.05, 4.69) is 12.2 Å². The fraction of sp³-hybridized carbons (Fsp3) is 0.636. The third kappa shape index (κ3) is 5.47. The fourth-order valence-corrected chi connectivity index (χ4v) is 4.11. The average molecular weight is 373 g/mol. The van der Waals surface area contributed by atoms with Crippen LogP contribution in [0.3, 0.4) is 0 Å². The minimum atomic E-state index is -0.105. The van der Waals surface area contributed by atoms with Crippen LogP contribution in [-0.2, 0) is 4.79 Å². The second-order valence-corrected chi connectivity index (χ2v) is 7.92. The SMILES string of the molecule is CC1CCCCC1NC(=O)c1ccccc1OCC(=O)N1CCCCCC1. The molecular formula is C22H32N2O3. The van der Waals surface area contributed by atoms with Crippen LogP contribution in [0, 0.1) is 5.92 Å². The Kier molecular flexibility index (Phi) is 7.13. The second kappa shape index (κ2) is 9.77. The van der Waals surface area contributed by atoms with E-state index in [0.717, 1.165) is 45.2 Å². The zero-order valence-electron chi connectivity index (χ0n) is 16.4. The highest BCUT2D eigenvalue weighted by Crippen LogP contribution is 2.25. The van der Waals surface area contributed by atoms with Crippen molar-refractivity contribution in [1.29, 1.82) is 0 Å². The molecule has 5 heteroatoms. The molecule has 5 nitrogen and oxygen atoms in total. The molecule has 2 fully saturated rings. The lowest BCUT2D eigenvalue weighted by Gasteiger charge is -2.29. The van der Waals surface area contributed by atoms with Crippen molar-refractivity contribution in [3.63, 3.8) is 0 Å². The Labute approximate surface area is 162 Å². The van der Waals surface area contributed by atoms with Crippen molar-refractivity contribution in [2.75, 3.05) is 19.7 Å². The third-order valence-electron chi connectivity index (χ3n) is 5.87. The molecule has 0 spiro atoms. The number of nitrogens with zero attached hydrogens (tertiary/aromatic N) is 1. The molecule has 2 unspecified atom stereocenters. The largest absolute Gasteiger partial charge is 0.483 e. The maximum absolute atomic E-state index is 12.8. The number of benzene rings is 1. The lowest BCUT2D eigenvalue weighted by molar-refractivity contribution is -0.133. The summed E-state index contributed by atoms with van der Waals surface area (Å²) in [6, 6.07) is 7.44. The van der Waals surface area contributed by atoms with E-state index >= 15 is 0 Å². The first kappa shape index (κ1) is 19.7. The summed E-state index contributed by atoms with van der Waals surface area (Å²) < 4.78 is 5.78. The van der Waals surface area contributed by atoms with E-state index in [1.807, 2.05) is 17.0 Å². The highest BCUT2D eigenvalue weighted by molar-refractivity contribution is 5.97. The molecule has 148 valence electrons. The number of carbonyl (C=O) groups is 2. The molecule has 2 amide bonds. The lowest BCUT2D eigenvalue weighted by atomic mass is 9.86. The highest BCUT2D eigenvalue weighted by atomic mass is 16.5. The van der Waals surface area contributed by atoms with Gasteiger partial charge in [-0.3, -0.25) is 9.59 Å². The molecule has 0 bridgehead atoms. The standard InChI is InChI=1S/C22H32N2O3/c1-17-10-4-6-12-19(17)23-22(26)18-11-5-7-13-20(18)27-16-21(25)24-14-8-2-3-9-15-24/h5,7,11,13,17,19H,2-4,6,8-10,12,14-16H2,1H3,(H,23,26).